The van der Waals surface area contributed by atoms with Crippen molar-refractivity contribution in [2.75, 3.05) is 0 Å². The summed E-state index contributed by atoms with van der Waals surface area (Å²) in [6.07, 6.45) is 13.8. The Morgan fingerprint density at radius 1 is 0.718 bits per heavy atom. The van der Waals surface area contributed by atoms with E-state index in [0.717, 1.165) is 12.6 Å². The number of allylic oxidation sites excluding steroid dienone is 2. The summed E-state index contributed by atoms with van der Waals surface area (Å²) in [5.74, 6) is 0. The molecule has 4 heteroatoms. The smallest absolute Gasteiger partial charge is 0.206 e. The summed E-state index contributed by atoms with van der Waals surface area (Å²) in [6, 6.07) is 44.7. The highest BCUT2D eigenvalue weighted by atomic mass is 28.3. The molecule has 0 spiro atoms. The summed E-state index contributed by atoms with van der Waals surface area (Å²) in [5, 5.41) is 3.02. The molecule has 0 aliphatic carbocycles. The van der Waals surface area contributed by atoms with Gasteiger partial charge in [-0.1, -0.05) is 168 Å². The van der Waals surface area contributed by atoms with Gasteiger partial charge in [0.15, 0.2) is 0 Å². The molecule has 0 amide bonds. The van der Waals surface area contributed by atoms with Crippen LogP contribution < -0.4 is 21.3 Å². The van der Waals surface area contributed by atoms with E-state index >= 15 is 0 Å². The molecule has 4 aromatic carbocycles. The third kappa shape index (κ3) is 7.81. The van der Waals surface area contributed by atoms with Gasteiger partial charge in [-0.25, -0.2) is 4.98 Å². The summed E-state index contributed by atoms with van der Waals surface area (Å²) in [4.78, 5) is 4.28. The Balaban J connectivity index is 0.000000212. The van der Waals surface area contributed by atoms with Crippen LogP contribution in [0.2, 0.25) is 12.9 Å². The van der Waals surface area contributed by atoms with Gasteiger partial charge in [-0.05, 0) is 19.4 Å². The monoisotopic (exact) mass is 526 g/mol. The van der Waals surface area contributed by atoms with Crippen molar-refractivity contribution in [3.8, 4) is 0 Å². The van der Waals surface area contributed by atoms with Gasteiger partial charge in [0.25, 0.3) is 0 Å². The van der Waals surface area contributed by atoms with E-state index < -0.39 is 8.07 Å². The van der Waals surface area contributed by atoms with Crippen LogP contribution in [-0.4, -0.2) is 24.3 Å². The summed E-state index contributed by atoms with van der Waals surface area (Å²) >= 11 is 0. The lowest BCUT2D eigenvalue weighted by Gasteiger charge is -2.33. The second kappa shape index (κ2) is 14.9. The Morgan fingerprint density at radius 3 is 1.64 bits per heavy atom. The number of hydrogen-bond acceptors (Lipinski definition) is 1. The van der Waals surface area contributed by atoms with Crippen LogP contribution in [-0.2, 0) is 6.17 Å². The van der Waals surface area contributed by atoms with Crippen LogP contribution >= 0.6 is 0 Å². The highest BCUT2D eigenvalue weighted by Gasteiger charge is 2.36. The Kier molecular flexibility index (Phi) is 10.7. The predicted molar refractivity (Wildman–Crippen MR) is 173 cm³/mol. The van der Waals surface area contributed by atoms with Gasteiger partial charge in [0.2, 0.25) is 6.71 Å². The van der Waals surface area contributed by atoms with E-state index in [4.69, 9.17) is 0 Å². The molecule has 0 aliphatic heterocycles. The van der Waals surface area contributed by atoms with Crippen molar-refractivity contribution in [2.24, 2.45) is 0 Å². The fourth-order valence-electron chi connectivity index (χ4n) is 5.29. The first-order valence-electron chi connectivity index (χ1n) is 14.0. The number of imidazole rings is 1. The fraction of sp³-hybridized carbons (Fsp3) is 0.171. The van der Waals surface area contributed by atoms with Crippen molar-refractivity contribution in [1.82, 2.24) is 9.55 Å². The number of rotatable bonds is 10. The van der Waals surface area contributed by atoms with Crippen molar-refractivity contribution in [3.63, 3.8) is 0 Å². The molecule has 1 aromatic heterocycles. The number of nitrogens with zero attached hydrogens (tertiary/aromatic N) is 2. The molecule has 0 aliphatic rings. The molecule has 1 heterocycles. The Hall–Kier alpha value is -3.89. The van der Waals surface area contributed by atoms with Gasteiger partial charge in [-0.2, -0.15) is 0 Å². The maximum absolute atomic E-state index is 4.28. The van der Waals surface area contributed by atoms with Gasteiger partial charge in [-0.3, -0.25) is 0 Å². The van der Waals surface area contributed by atoms with Gasteiger partial charge in [-0.15, -0.1) is 0 Å². The molecule has 0 radical (unpaired) electrons. The number of unbranched alkanes of at least 4 members (excludes halogenated alkanes) is 1. The lowest BCUT2D eigenvalue weighted by atomic mass is 9.43. The van der Waals surface area contributed by atoms with E-state index in [0.29, 0.717) is 6.71 Å². The minimum Gasteiger partial charge on any atom is -0.340 e. The predicted octanol–water partition coefficient (Wildman–Crippen LogP) is 5.97. The quantitative estimate of drug-likeness (QED) is 0.125. The third-order valence-electron chi connectivity index (χ3n) is 7.47. The highest BCUT2D eigenvalue weighted by Crippen LogP contribution is 2.18. The van der Waals surface area contributed by atoms with Gasteiger partial charge < -0.3 is 4.57 Å². The van der Waals surface area contributed by atoms with Gasteiger partial charge in [0.05, 0.1) is 6.33 Å². The van der Waals surface area contributed by atoms with Crippen LogP contribution in [0, 0.1) is 0 Å². The molecule has 2 nitrogen and oxygen atoms in total. The van der Waals surface area contributed by atoms with E-state index in [1.807, 2.05) is 12.5 Å². The van der Waals surface area contributed by atoms with Crippen LogP contribution in [0.25, 0.3) is 0 Å². The summed E-state index contributed by atoms with van der Waals surface area (Å²) in [7, 11) is -1.91. The molecular formula is C35H39BN2Si. The molecule has 39 heavy (non-hydrogen) atoms. The molecule has 5 aromatic rings. The number of aromatic nitrogens is 2. The first-order valence-corrected chi connectivity index (χ1v) is 16.4. The van der Waals surface area contributed by atoms with Crippen molar-refractivity contribution >= 4 is 36.1 Å². The zero-order chi connectivity index (χ0) is 27.2. The molecule has 0 N–H and O–H groups in total. The fourth-order valence-corrected chi connectivity index (χ4v) is 10.0. The minimum absolute atomic E-state index is 0.484. The first kappa shape index (κ1) is 28.1. The maximum atomic E-state index is 4.28. The Morgan fingerprint density at radius 2 is 1.21 bits per heavy atom. The molecule has 0 atom stereocenters. The lowest BCUT2D eigenvalue weighted by Crippen LogP contribution is -2.61. The van der Waals surface area contributed by atoms with Crippen molar-refractivity contribution < 1.29 is 0 Å². The van der Waals surface area contributed by atoms with Crippen molar-refractivity contribution in [1.29, 1.82) is 0 Å². The molecule has 0 bridgehead atoms. The van der Waals surface area contributed by atoms with Gasteiger partial charge >= 0.3 is 0 Å². The maximum Gasteiger partial charge on any atom is 0.206 e. The average Bonchev–Trinajstić information content (AvgIpc) is 3.53. The minimum atomic E-state index is -1.91. The SMILES string of the molecule is CB(c1ccccc1)c1ccccc1.CC=CCCC[Si](Cn1ccnc1)(c1ccccc1)c1ccccc1. The Labute approximate surface area is 236 Å². The van der Waals surface area contributed by atoms with E-state index in [1.165, 1.54) is 33.8 Å². The average molecular weight is 527 g/mol. The van der Waals surface area contributed by atoms with E-state index in [9.17, 15) is 0 Å². The molecular weight excluding hydrogens is 487 g/mol. The first-order chi connectivity index (χ1) is 19.2. The molecule has 0 fully saturated rings. The molecule has 0 saturated carbocycles. The molecule has 0 unspecified atom stereocenters. The van der Waals surface area contributed by atoms with Crippen LogP contribution in [0.15, 0.2) is 152 Å². The van der Waals surface area contributed by atoms with Crippen molar-refractivity contribution in [2.45, 2.75) is 38.8 Å². The summed E-state index contributed by atoms with van der Waals surface area (Å²) in [6.45, 7) is 4.83. The largest absolute Gasteiger partial charge is 0.340 e. The van der Waals surface area contributed by atoms with Crippen LogP contribution in [0.5, 0.6) is 0 Å². The van der Waals surface area contributed by atoms with Crippen LogP contribution in [0.1, 0.15) is 19.8 Å². The van der Waals surface area contributed by atoms with E-state index in [1.54, 1.807) is 0 Å². The van der Waals surface area contributed by atoms with Gasteiger partial charge in [0.1, 0.15) is 8.07 Å². The standard InChI is InChI=1S/C22H26N2Si.C13H13B/c1-2-3-4-11-18-25(20-24-17-16-23-19-24,21-12-7-5-8-13-21)22-14-9-6-10-15-22;1-14(12-8-4-2-5-9-12)13-10-6-3-7-11-13/h2-3,5-10,12-17,19H,4,11,18,20H2,1H3;2-11H,1H3. The van der Waals surface area contributed by atoms with Gasteiger partial charge in [0, 0.05) is 18.6 Å². The summed E-state index contributed by atoms with van der Waals surface area (Å²) in [5.41, 5.74) is 2.75. The number of benzene rings is 4. The van der Waals surface area contributed by atoms with E-state index in [-0.39, 0.29) is 0 Å². The molecule has 5 rings (SSSR count). The highest BCUT2D eigenvalue weighted by molar-refractivity contribution is 7.01. The topological polar surface area (TPSA) is 17.8 Å². The third-order valence-corrected chi connectivity index (χ3v) is 12.5. The Bertz CT molecular complexity index is 1280. The van der Waals surface area contributed by atoms with Crippen molar-refractivity contribution in [3.05, 3.63) is 152 Å². The van der Waals surface area contributed by atoms with Crippen LogP contribution in [0.4, 0.5) is 0 Å². The zero-order valence-corrected chi connectivity index (χ0v) is 24.2. The van der Waals surface area contributed by atoms with Crippen LogP contribution in [0.3, 0.4) is 0 Å². The number of hydrogen-bond donors (Lipinski definition) is 0. The second-order valence-corrected chi connectivity index (χ2v) is 14.2. The summed E-state index contributed by atoms with van der Waals surface area (Å²) < 4.78 is 2.27. The molecule has 0 saturated heterocycles. The normalized spacial score (nSPS) is 11.1. The lowest BCUT2D eigenvalue weighted by molar-refractivity contribution is 0.834. The second-order valence-electron chi connectivity index (χ2n) is 10.1. The zero-order valence-electron chi connectivity index (χ0n) is 23.2. The molecule has 196 valence electrons. The van der Waals surface area contributed by atoms with E-state index in [2.05, 4.69) is 163 Å².